The summed E-state index contributed by atoms with van der Waals surface area (Å²) in [6.45, 7) is 13.8. The molecule has 0 fully saturated rings. The van der Waals surface area contributed by atoms with Gasteiger partial charge in [-0.25, -0.2) is 0 Å². The third-order valence-corrected chi connectivity index (χ3v) is 8.07. The summed E-state index contributed by atoms with van der Waals surface area (Å²) in [5, 5.41) is 0. The van der Waals surface area contributed by atoms with E-state index in [1.165, 1.54) is 107 Å². The average Bonchev–Trinajstić information content (AvgIpc) is 2.90. The molecule has 0 aromatic heterocycles. The highest BCUT2D eigenvalue weighted by molar-refractivity contribution is 5.69. The van der Waals surface area contributed by atoms with Gasteiger partial charge in [0.05, 0.1) is 0 Å². The zero-order valence-electron chi connectivity index (χ0n) is 27.2. The number of unbranched alkanes of at least 4 members (excludes halogenated alkanes) is 11. The molecule has 0 aliphatic heterocycles. The van der Waals surface area contributed by atoms with Crippen LogP contribution in [0.4, 0.5) is 0 Å². The van der Waals surface area contributed by atoms with Crippen LogP contribution in [-0.2, 0) is 9.53 Å². The molecule has 0 atom stereocenters. The van der Waals surface area contributed by atoms with E-state index in [-0.39, 0.29) is 11.4 Å². The Morgan fingerprint density at radius 1 is 0.850 bits per heavy atom. The maximum atomic E-state index is 12.0. The minimum absolute atomic E-state index is 0.0817. The van der Waals surface area contributed by atoms with Crippen LogP contribution in [0, 0.1) is 5.41 Å². The number of rotatable bonds is 21. The molecule has 0 heterocycles. The van der Waals surface area contributed by atoms with E-state index in [1.807, 2.05) is 13.0 Å². The Kier molecular flexibility index (Phi) is 20.3. The minimum Gasteiger partial charge on any atom is -0.461 e. The van der Waals surface area contributed by atoms with E-state index in [0.717, 1.165) is 18.4 Å². The first-order valence-corrected chi connectivity index (χ1v) is 16.5. The van der Waals surface area contributed by atoms with Crippen LogP contribution in [0.2, 0.25) is 0 Å². The molecule has 0 aromatic carbocycles. The Labute approximate surface area is 248 Å². The predicted octanol–water partition coefficient (Wildman–Crippen LogP) is 12.1. The van der Waals surface area contributed by atoms with E-state index < -0.39 is 0 Å². The standard InChI is InChI=1S/C38H62O2/c1-7-8-9-10-11-12-13-14-15-16-17-18-19-20-21-27-37(39)40-32-30-34(3)25-22-24-33(2)28-29-36-35(4)26-23-31-38(36,5)6/h14-15,22,24-25,28-30H,7-13,16-21,23,26-27,31-32H2,1-6H3/b15-14-,25-22-,29-28+,33-24+,34-30+. The summed E-state index contributed by atoms with van der Waals surface area (Å²) < 4.78 is 5.40. The smallest absolute Gasteiger partial charge is 0.306 e. The molecule has 0 saturated heterocycles. The second kappa shape index (κ2) is 22.6. The van der Waals surface area contributed by atoms with Gasteiger partial charge in [-0.05, 0) is 89.2 Å². The maximum absolute atomic E-state index is 12.0. The van der Waals surface area contributed by atoms with E-state index in [0.29, 0.717) is 13.0 Å². The van der Waals surface area contributed by atoms with Crippen LogP contribution in [0.5, 0.6) is 0 Å². The van der Waals surface area contributed by atoms with Gasteiger partial charge in [0, 0.05) is 6.42 Å². The van der Waals surface area contributed by atoms with Crippen LogP contribution in [0.3, 0.4) is 0 Å². The molecule has 226 valence electrons. The summed E-state index contributed by atoms with van der Waals surface area (Å²) in [4.78, 5) is 12.0. The SMILES string of the molecule is CCCCCCCC/C=C\CCCCCCCC(=O)OC/C=C(C)/C=C\C=C(C)\C=C\C1=C(C)CCCC1(C)C. The van der Waals surface area contributed by atoms with Gasteiger partial charge in [-0.15, -0.1) is 0 Å². The van der Waals surface area contributed by atoms with Crippen molar-refractivity contribution in [1.29, 1.82) is 0 Å². The third kappa shape index (κ3) is 18.3. The van der Waals surface area contributed by atoms with E-state index in [4.69, 9.17) is 4.74 Å². The largest absolute Gasteiger partial charge is 0.461 e. The van der Waals surface area contributed by atoms with Gasteiger partial charge in [0.1, 0.15) is 6.61 Å². The van der Waals surface area contributed by atoms with Crippen LogP contribution >= 0.6 is 0 Å². The highest BCUT2D eigenvalue weighted by Crippen LogP contribution is 2.40. The fraction of sp³-hybridized carbons (Fsp3) is 0.658. The first-order valence-electron chi connectivity index (χ1n) is 16.5. The van der Waals surface area contributed by atoms with Gasteiger partial charge in [0.15, 0.2) is 0 Å². The van der Waals surface area contributed by atoms with Crippen molar-refractivity contribution in [3.63, 3.8) is 0 Å². The molecule has 40 heavy (non-hydrogen) atoms. The maximum Gasteiger partial charge on any atom is 0.306 e. The zero-order valence-corrected chi connectivity index (χ0v) is 27.2. The van der Waals surface area contributed by atoms with Crippen LogP contribution in [-0.4, -0.2) is 12.6 Å². The molecule has 0 saturated carbocycles. The highest BCUT2D eigenvalue weighted by atomic mass is 16.5. The number of ether oxygens (including phenoxy) is 1. The first-order chi connectivity index (χ1) is 19.3. The van der Waals surface area contributed by atoms with E-state index in [9.17, 15) is 4.79 Å². The Bertz CT molecular complexity index is 875. The number of esters is 1. The van der Waals surface area contributed by atoms with Crippen LogP contribution in [0.15, 0.2) is 70.9 Å². The van der Waals surface area contributed by atoms with Gasteiger partial charge in [-0.2, -0.15) is 0 Å². The molecular weight excluding hydrogens is 488 g/mol. The lowest BCUT2D eigenvalue weighted by Crippen LogP contribution is -2.19. The second-order valence-corrected chi connectivity index (χ2v) is 12.5. The molecule has 2 heteroatoms. The normalized spacial score (nSPS) is 16.6. The van der Waals surface area contributed by atoms with Gasteiger partial charge in [-0.3, -0.25) is 4.79 Å². The van der Waals surface area contributed by atoms with Crippen LogP contribution < -0.4 is 0 Å². The predicted molar refractivity (Wildman–Crippen MR) is 177 cm³/mol. The molecule has 0 aromatic rings. The summed E-state index contributed by atoms with van der Waals surface area (Å²) in [6, 6.07) is 0. The lowest BCUT2D eigenvalue weighted by molar-refractivity contribution is -0.142. The summed E-state index contributed by atoms with van der Waals surface area (Å²) in [5.41, 5.74) is 5.64. The Morgan fingerprint density at radius 2 is 1.48 bits per heavy atom. The molecule has 0 bridgehead atoms. The number of carbonyl (C=O) groups is 1. The van der Waals surface area contributed by atoms with Crippen molar-refractivity contribution in [1.82, 2.24) is 0 Å². The van der Waals surface area contributed by atoms with Gasteiger partial charge in [0.25, 0.3) is 0 Å². The highest BCUT2D eigenvalue weighted by Gasteiger charge is 2.26. The van der Waals surface area contributed by atoms with Crippen LogP contribution in [0.1, 0.15) is 151 Å². The first kappa shape index (κ1) is 35.9. The Morgan fingerprint density at radius 3 is 2.12 bits per heavy atom. The molecule has 0 N–H and O–H groups in total. The van der Waals surface area contributed by atoms with Gasteiger partial charge < -0.3 is 4.74 Å². The molecule has 1 aliphatic carbocycles. The summed E-state index contributed by atoms with van der Waals surface area (Å²) in [7, 11) is 0. The van der Waals surface area contributed by atoms with Crippen LogP contribution in [0.25, 0.3) is 0 Å². The molecule has 2 nitrogen and oxygen atoms in total. The summed E-state index contributed by atoms with van der Waals surface area (Å²) in [5.74, 6) is -0.0817. The van der Waals surface area contributed by atoms with Gasteiger partial charge in [0.2, 0.25) is 0 Å². The molecule has 0 spiro atoms. The quantitative estimate of drug-likeness (QED) is 0.0615. The van der Waals surface area contributed by atoms with E-state index >= 15 is 0 Å². The van der Waals surface area contributed by atoms with Gasteiger partial charge in [-0.1, -0.05) is 131 Å². The summed E-state index contributed by atoms with van der Waals surface area (Å²) >= 11 is 0. The number of allylic oxidation sites excluding steroid dienone is 11. The molecule has 1 aliphatic rings. The van der Waals surface area contributed by atoms with Crippen molar-refractivity contribution < 1.29 is 9.53 Å². The minimum atomic E-state index is -0.0817. The van der Waals surface area contributed by atoms with Crippen molar-refractivity contribution in [2.75, 3.05) is 6.61 Å². The number of carbonyl (C=O) groups excluding carboxylic acids is 1. The molecule has 1 rings (SSSR count). The van der Waals surface area contributed by atoms with E-state index in [2.05, 4.69) is 77.2 Å². The van der Waals surface area contributed by atoms with Crippen molar-refractivity contribution in [2.45, 2.75) is 151 Å². The lowest BCUT2D eigenvalue weighted by Gasteiger charge is -2.32. The van der Waals surface area contributed by atoms with Gasteiger partial charge >= 0.3 is 5.97 Å². The topological polar surface area (TPSA) is 26.3 Å². The average molecular weight is 551 g/mol. The monoisotopic (exact) mass is 550 g/mol. The van der Waals surface area contributed by atoms with Crippen molar-refractivity contribution >= 4 is 5.97 Å². The lowest BCUT2D eigenvalue weighted by atomic mass is 9.72. The zero-order chi connectivity index (χ0) is 29.5. The van der Waals surface area contributed by atoms with E-state index in [1.54, 1.807) is 0 Å². The number of hydrogen-bond donors (Lipinski definition) is 0. The Hall–Kier alpha value is -2.09. The molecule has 0 radical (unpaired) electrons. The Balaban J connectivity index is 2.11. The molecular formula is C38H62O2. The summed E-state index contributed by atoms with van der Waals surface area (Å²) in [6.07, 6.45) is 38.3. The number of hydrogen-bond acceptors (Lipinski definition) is 2. The van der Waals surface area contributed by atoms with Crippen molar-refractivity contribution in [3.8, 4) is 0 Å². The fourth-order valence-electron chi connectivity index (χ4n) is 5.38. The molecule has 0 unspecified atom stereocenters. The molecule has 0 amide bonds. The third-order valence-electron chi connectivity index (χ3n) is 8.07. The second-order valence-electron chi connectivity index (χ2n) is 12.5. The van der Waals surface area contributed by atoms with Crippen molar-refractivity contribution in [3.05, 3.63) is 70.9 Å². The van der Waals surface area contributed by atoms with Crippen molar-refractivity contribution in [2.24, 2.45) is 5.41 Å². The fourth-order valence-corrected chi connectivity index (χ4v) is 5.38.